The molecule has 11 heteroatoms. The summed E-state index contributed by atoms with van der Waals surface area (Å²) in [5, 5.41) is 31.2. The Hall–Kier alpha value is -3.01. The normalized spacial score (nSPS) is 19.3. The van der Waals surface area contributed by atoms with Crippen molar-refractivity contribution < 1.29 is 33.1 Å². The highest BCUT2D eigenvalue weighted by Crippen LogP contribution is 2.28. The van der Waals surface area contributed by atoms with Gasteiger partial charge in [-0.3, -0.25) is 15.2 Å². The lowest BCUT2D eigenvalue weighted by atomic mass is 9.85. The van der Waals surface area contributed by atoms with Gasteiger partial charge in [-0.05, 0) is 75.4 Å². The first kappa shape index (κ1) is 28.6. The molecule has 37 heavy (non-hydrogen) atoms. The summed E-state index contributed by atoms with van der Waals surface area (Å²) in [6.45, 7) is 3.39. The van der Waals surface area contributed by atoms with Gasteiger partial charge in [-0.25, -0.2) is 17.5 Å². The first-order valence-corrected chi connectivity index (χ1v) is 13.5. The van der Waals surface area contributed by atoms with Gasteiger partial charge in [-0.2, -0.15) is 0 Å². The maximum atomic E-state index is 13.1. The van der Waals surface area contributed by atoms with Gasteiger partial charge in [0.15, 0.2) is 0 Å². The lowest BCUT2D eigenvalue weighted by Gasteiger charge is -2.29. The van der Waals surface area contributed by atoms with Gasteiger partial charge >= 0.3 is 0 Å². The monoisotopic (exact) mass is 533 g/mol. The number of hydrogen-bond donors (Lipinski definition) is 5. The minimum Gasteiger partial charge on any atom is -0.392 e. The van der Waals surface area contributed by atoms with Crippen LogP contribution in [0.5, 0.6) is 0 Å². The summed E-state index contributed by atoms with van der Waals surface area (Å²) in [7, 11) is -3.98. The maximum absolute atomic E-state index is 13.1. The largest absolute Gasteiger partial charge is 0.392 e. The summed E-state index contributed by atoms with van der Waals surface area (Å²) >= 11 is 0. The molecule has 2 aromatic rings. The molecule has 1 unspecified atom stereocenters. The molecule has 1 aliphatic carbocycles. The minimum atomic E-state index is -3.98. The predicted molar refractivity (Wildman–Crippen MR) is 135 cm³/mol. The molecular weight excluding hydrogens is 501 g/mol. The first-order chi connectivity index (χ1) is 17.5. The van der Waals surface area contributed by atoms with Gasteiger partial charge in [-0.1, -0.05) is 24.0 Å². The van der Waals surface area contributed by atoms with Crippen LogP contribution in [0.1, 0.15) is 63.1 Å². The summed E-state index contributed by atoms with van der Waals surface area (Å²) < 4.78 is 41.7. The molecule has 1 saturated carbocycles. The van der Waals surface area contributed by atoms with Crippen molar-refractivity contribution in [3.8, 4) is 11.8 Å². The summed E-state index contributed by atoms with van der Waals surface area (Å²) in [5.41, 5.74) is 0.766. The number of nitrogens with one attached hydrogen (secondary N) is 2. The van der Waals surface area contributed by atoms with Crippen molar-refractivity contribution in [2.45, 2.75) is 69.0 Å². The van der Waals surface area contributed by atoms with Crippen LogP contribution in [0.4, 0.5) is 10.1 Å². The number of aliphatic hydroxyl groups excluding tert-OH is 1. The van der Waals surface area contributed by atoms with Crippen molar-refractivity contribution in [2.24, 2.45) is 5.92 Å². The Morgan fingerprint density at radius 1 is 1.11 bits per heavy atom. The highest BCUT2D eigenvalue weighted by atomic mass is 32.2. The van der Waals surface area contributed by atoms with E-state index in [1.165, 1.54) is 24.3 Å². The van der Waals surface area contributed by atoms with E-state index in [0.717, 1.165) is 11.6 Å². The molecular formula is C26H32FN3O6S. The number of amides is 1. The summed E-state index contributed by atoms with van der Waals surface area (Å²) in [4.78, 5) is 12.5. The summed E-state index contributed by atoms with van der Waals surface area (Å²) in [6.07, 6.45) is 1.44. The van der Waals surface area contributed by atoms with Gasteiger partial charge in [-0.15, -0.1) is 5.23 Å². The van der Waals surface area contributed by atoms with Crippen LogP contribution in [0.2, 0.25) is 0 Å². The Morgan fingerprint density at radius 2 is 1.76 bits per heavy atom. The molecule has 0 aromatic heterocycles. The molecule has 0 radical (unpaired) electrons. The van der Waals surface area contributed by atoms with E-state index in [1.807, 2.05) is 6.92 Å². The lowest BCUT2D eigenvalue weighted by molar-refractivity contribution is -0.126. The van der Waals surface area contributed by atoms with E-state index in [1.54, 1.807) is 19.1 Å². The Kier molecular flexibility index (Phi) is 9.64. The zero-order valence-corrected chi connectivity index (χ0v) is 21.5. The Balaban J connectivity index is 1.59. The van der Waals surface area contributed by atoms with Crippen LogP contribution in [0.15, 0.2) is 47.4 Å². The SMILES string of the molecule is CC(O)CC#Cc1ccc(S(=O)(=O)NC2CCC(C(=O)N[C@H](C)c3ccc(F)cc3)CC2)cc1N(O)O. The third-order valence-electron chi connectivity index (χ3n) is 6.26. The molecule has 200 valence electrons. The third kappa shape index (κ3) is 7.99. The molecule has 1 fully saturated rings. The molecule has 0 saturated heterocycles. The number of benzene rings is 2. The third-order valence-corrected chi connectivity index (χ3v) is 7.78. The molecule has 2 aromatic carbocycles. The van der Waals surface area contributed by atoms with Crippen LogP contribution < -0.4 is 15.3 Å². The van der Waals surface area contributed by atoms with Gasteiger partial charge in [0.1, 0.15) is 11.5 Å². The van der Waals surface area contributed by atoms with Crippen LogP contribution >= 0.6 is 0 Å². The number of halogens is 1. The Morgan fingerprint density at radius 3 is 2.35 bits per heavy atom. The van der Waals surface area contributed by atoms with Gasteiger partial charge in [0.05, 0.1) is 22.6 Å². The van der Waals surface area contributed by atoms with Crippen LogP contribution in [-0.4, -0.2) is 42.0 Å². The Labute approximate surface area is 216 Å². The molecule has 5 N–H and O–H groups in total. The average Bonchev–Trinajstić information content (AvgIpc) is 2.84. The molecule has 0 spiro atoms. The zero-order valence-electron chi connectivity index (χ0n) is 20.7. The van der Waals surface area contributed by atoms with Gasteiger partial charge in [0, 0.05) is 18.4 Å². The lowest BCUT2D eigenvalue weighted by Crippen LogP contribution is -2.41. The van der Waals surface area contributed by atoms with Gasteiger partial charge < -0.3 is 10.4 Å². The highest BCUT2D eigenvalue weighted by molar-refractivity contribution is 7.89. The number of sulfonamides is 1. The number of carbonyl (C=O) groups is 1. The fraction of sp³-hybridized carbons (Fsp3) is 0.423. The van der Waals surface area contributed by atoms with Gasteiger partial charge in [0.25, 0.3) is 0 Å². The number of nitrogens with zero attached hydrogens (tertiary/aromatic N) is 1. The minimum absolute atomic E-state index is 0.124. The van der Waals surface area contributed by atoms with Gasteiger partial charge in [0.2, 0.25) is 15.9 Å². The molecule has 0 aliphatic heterocycles. The van der Waals surface area contributed by atoms with E-state index in [0.29, 0.717) is 25.7 Å². The second-order valence-corrected chi connectivity index (χ2v) is 11.0. The summed E-state index contributed by atoms with van der Waals surface area (Å²) in [6, 6.07) is 9.06. The average molecular weight is 534 g/mol. The van der Waals surface area contributed by atoms with Crippen molar-refractivity contribution in [1.29, 1.82) is 0 Å². The molecule has 0 bridgehead atoms. The van der Waals surface area contributed by atoms with E-state index in [9.17, 15) is 33.1 Å². The van der Waals surface area contributed by atoms with E-state index in [4.69, 9.17) is 0 Å². The second-order valence-electron chi connectivity index (χ2n) is 9.27. The van der Waals surface area contributed by atoms with E-state index < -0.39 is 16.1 Å². The van der Waals surface area contributed by atoms with E-state index >= 15 is 0 Å². The van der Waals surface area contributed by atoms with E-state index in [2.05, 4.69) is 21.9 Å². The second kappa shape index (κ2) is 12.5. The van der Waals surface area contributed by atoms with Crippen LogP contribution in [0.3, 0.4) is 0 Å². The zero-order chi connectivity index (χ0) is 27.2. The van der Waals surface area contributed by atoms with Crippen molar-refractivity contribution >= 4 is 21.6 Å². The fourth-order valence-corrected chi connectivity index (χ4v) is 5.50. The molecule has 3 rings (SSSR count). The van der Waals surface area contributed by atoms with E-state index in [-0.39, 0.29) is 57.5 Å². The van der Waals surface area contributed by atoms with Crippen molar-refractivity contribution in [2.75, 3.05) is 5.23 Å². The standard InChI is InChI=1S/C26H32FN3O6S/c1-17(31)4-3-5-20-10-15-24(16-25(20)30(33)34)37(35,36)29-23-13-8-21(9-14-23)26(32)28-18(2)19-6-11-22(27)12-7-19/h6-7,10-12,15-18,21,23,29,31,33-34H,4,8-9,13-14H2,1-2H3,(H,28,32)/t17?,18-,21?,23?/m1/s1. The number of hydrogen-bond acceptors (Lipinski definition) is 7. The van der Waals surface area contributed by atoms with Crippen LogP contribution in [0.25, 0.3) is 0 Å². The number of rotatable bonds is 8. The smallest absolute Gasteiger partial charge is 0.240 e. The quantitative estimate of drug-likeness (QED) is 0.259. The van der Waals surface area contributed by atoms with Crippen LogP contribution in [0, 0.1) is 23.6 Å². The van der Waals surface area contributed by atoms with Crippen molar-refractivity contribution in [3.63, 3.8) is 0 Å². The molecule has 9 nitrogen and oxygen atoms in total. The number of carbonyl (C=O) groups excluding carboxylic acids is 1. The molecule has 1 aliphatic rings. The highest BCUT2D eigenvalue weighted by Gasteiger charge is 2.30. The predicted octanol–water partition coefficient (Wildman–Crippen LogP) is 3.25. The fourth-order valence-electron chi connectivity index (χ4n) is 4.17. The van der Waals surface area contributed by atoms with Crippen molar-refractivity contribution in [3.05, 3.63) is 59.4 Å². The number of anilines is 1. The maximum Gasteiger partial charge on any atom is 0.240 e. The first-order valence-electron chi connectivity index (χ1n) is 12.0. The molecule has 1 amide bonds. The van der Waals surface area contributed by atoms with Crippen LogP contribution in [-0.2, 0) is 14.8 Å². The topological polar surface area (TPSA) is 139 Å². The van der Waals surface area contributed by atoms with Crippen molar-refractivity contribution in [1.82, 2.24) is 10.0 Å². The molecule has 0 heterocycles. The number of aliphatic hydroxyl groups is 1. The molecule has 2 atom stereocenters. The summed E-state index contributed by atoms with van der Waals surface area (Å²) in [5.74, 6) is 4.65. The Bertz CT molecular complexity index is 1250.